The fourth-order valence-corrected chi connectivity index (χ4v) is 3.39. The maximum Gasteiger partial charge on any atom is 0.252 e. The predicted octanol–water partition coefficient (Wildman–Crippen LogP) is 1.91. The number of hydrogen-bond donors (Lipinski definition) is 2. The van der Waals surface area contributed by atoms with Gasteiger partial charge < -0.3 is 15.8 Å². The lowest BCUT2D eigenvalue weighted by Gasteiger charge is -2.32. The highest BCUT2D eigenvalue weighted by Crippen LogP contribution is 2.29. The van der Waals surface area contributed by atoms with E-state index in [9.17, 15) is 4.79 Å². The van der Waals surface area contributed by atoms with Crippen LogP contribution in [-0.4, -0.2) is 29.1 Å². The molecule has 108 valence electrons. The molecule has 2 atom stereocenters. The summed E-state index contributed by atoms with van der Waals surface area (Å²) in [7, 11) is 0. The van der Waals surface area contributed by atoms with Crippen LogP contribution < -0.4 is 11.1 Å². The van der Waals surface area contributed by atoms with Crippen molar-refractivity contribution >= 4 is 23.1 Å². The van der Waals surface area contributed by atoms with E-state index in [4.69, 9.17) is 22.7 Å². The highest BCUT2D eigenvalue weighted by Gasteiger charge is 2.40. The predicted molar refractivity (Wildman–Crippen MR) is 78.9 cm³/mol. The molecule has 0 bridgehead atoms. The second kappa shape index (κ2) is 6.18. The number of nitrogens with two attached hydrogens (primary N) is 1. The molecule has 2 rings (SSSR count). The van der Waals surface area contributed by atoms with Crippen LogP contribution in [0.4, 0.5) is 0 Å². The van der Waals surface area contributed by atoms with Crippen molar-refractivity contribution in [1.82, 2.24) is 5.32 Å². The molecule has 19 heavy (non-hydrogen) atoms. The minimum Gasteiger partial charge on any atom is -0.392 e. The monoisotopic (exact) mass is 284 g/mol. The Morgan fingerprint density at radius 3 is 2.58 bits per heavy atom. The summed E-state index contributed by atoms with van der Waals surface area (Å²) in [5.41, 5.74) is 5.14. The van der Waals surface area contributed by atoms with Gasteiger partial charge in [0.2, 0.25) is 0 Å². The van der Waals surface area contributed by atoms with Crippen LogP contribution >= 0.6 is 12.2 Å². The minimum atomic E-state index is -0.697. The molecule has 5 heteroatoms. The van der Waals surface area contributed by atoms with E-state index < -0.39 is 5.60 Å². The van der Waals surface area contributed by atoms with Gasteiger partial charge in [-0.2, -0.15) is 0 Å². The normalized spacial score (nSPS) is 29.9. The smallest absolute Gasteiger partial charge is 0.252 e. The maximum atomic E-state index is 12.4. The topological polar surface area (TPSA) is 64.4 Å². The molecule has 3 N–H and O–H groups in total. The van der Waals surface area contributed by atoms with Crippen LogP contribution in [0.2, 0.25) is 0 Å². The van der Waals surface area contributed by atoms with Gasteiger partial charge in [0, 0.05) is 6.61 Å². The first-order valence-electron chi connectivity index (χ1n) is 7.27. The summed E-state index contributed by atoms with van der Waals surface area (Å²) in [6.07, 6.45) is 7.58. The average molecular weight is 284 g/mol. The zero-order chi connectivity index (χ0) is 13.9. The third-order valence-corrected chi connectivity index (χ3v) is 4.67. The van der Waals surface area contributed by atoms with Crippen LogP contribution in [0.3, 0.4) is 0 Å². The number of hydrogen-bond acceptors (Lipinski definition) is 3. The van der Waals surface area contributed by atoms with Gasteiger partial charge >= 0.3 is 0 Å². The third-order valence-electron chi connectivity index (χ3n) is 4.41. The van der Waals surface area contributed by atoms with Crippen molar-refractivity contribution in [1.29, 1.82) is 0 Å². The van der Waals surface area contributed by atoms with E-state index in [-0.39, 0.29) is 11.9 Å². The summed E-state index contributed by atoms with van der Waals surface area (Å²) in [4.78, 5) is 12.8. The molecule has 2 unspecified atom stereocenters. The van der Waals surface area contributed by atoms with Gasteiger partial charge in [-0.25, -0.2) is 0 Å². The van der Waals surface area contributed by atoms with Crippen molar-refractivity contribution in [2.75, 3.05) is 6.61 Å². The maximum absolute atomic E-state index is 12.4. The number of thiocarbonyl (C=S) groups is 1. The number of ether oxygens (including phenoxy) is 1. The van der Waals surface area contributed by atoms with Crippen LogP contribution in [0.1, 0.15) is 51.9 Å². The van der Waals surface area contributed by atoms with Gasteiger partial charge in [0.25, 0.3) is 5.91 Å². The molecule has 1 heterocycles. The Morgan fingerprint density at radius 1 is 1.37 bits per heavy atom. The van der Waals surface area contributed by atoms with Gasteiger partial charge in [0.1, 0.15) is 5.60 Å². The van der Waals surface area contributed by atoms with Crippen LogP contribution in [-0.2, 0) is 9.53 Å². The molecule has 1 saturated heterocycles. The molecule has 2 fully saturated rings. The largest absolute Gasteiger partial charge is 0.392 e. The molecule has 0 radical (unpaired) electrons. The van der Waals surface area contributed by atoms with E-state index >= 15 is 0 Å². The van der Waals surface area contributed by atoms with Gasteiger partial charge in [0.05, 0.1) is 11.0 Å². The Hall–Kier alpha value is -0.680. The summed E-state index contributed by atoms with van der Waals surface area (Å²) in [6.45, 7) is 2.51. The Morgan fingerprint density at radius 2 is 2.05 bits per heavy atom. The van der Waals surface area contributed by atoms with Crippen molar-refractivity contribution in [3.8, 4) is 0 Å². The summed E-state index contributed by atoms with van der Waals surface area (Å²) in [6, 6.07) is -0.177. The van der Waals surface area contributed by atoms with Crippen molar-refractivity contribution in [3.63, 3.8) is 0 Å². The molecule has 1 aliphatic carbocycles. The summed E-state index contributed by atoms with van der Waals surface area (Å²) >= 11 is 5.15. The van der Waals surface area contributed by atoms with E-state index in [0.29, 0.717) is 17.5 Å². The summed E-state index contributed by atoms with van der Waals surface area (Å²) in [5, 5.41) is 3.04. The molecular formula is C14H24N2O2S. The SMILES string of the molecule is CC1(C(=O)NC(C(N)=S)C2CCCCC2)CCCO1. The number of rotatable bonds is 4. The molecule has 0 aromatic carbocycles. The molecule has 1 aliphatic heterocycles. The lowest BCUT2D eigenvalue weighted by atomic mass is 9.83. The second-order valence-electron chi connectivity index (χ2n) is 5.93. The molecule has 1 saturated carbocycles. The molecular weight excluding hydrogens is 260 g/mol. The Bertz CT molecular complexity index is 347. The van der Waals surface area contributed by atoms with Crippen LogP contribution in [0.5, 0.6) is 0 Å². The highest BCUT2D eigenvalue weighted by molar-refractivity contribution is 7.80. The highest BCUT2D eigenvalue weighted by atomic mass is 32.1. The van der Waals surface area contributed by atoms with Crippen molar-refractivity contribution in [3.05, 3.63) is 0 Å². The van der Waals surface area contributed by atoms with Gasteiger partial charge in [-0.15, -0.1) is 0 Å². The van der Waals surface area contributed by atoms with E-state index in [1.54, 1.807) is 0 Å². The lowest BCUT2D eigenvalue weighted by Crippen LogP contribution is -2.54. The summed E-state index contributed by atoms with van der Waals surface area (Å²) in [5.74, 6) is 0.327. The standard InChI is InChI=1S/C14H24N2O2S/c1-14(8-5-9-18-14)13(17)16-11(12(15)19)10-6-3-2-4-7-10/h10-11H,2-9H2,1H3,(H2,15,19)(H,16,17). The van der Waals surface area contributed by atoms with Crippen LogP contribution in [0, 0.1) is 5.92 Å². The van der Waals surface area contributed by atoms with Gasteiger partial charge in [-0.3, -0.25) is 4.79 Å². The first kappa shape index (κ1) is 14.7. The molecule has 0 aromatic rings. The third kappa shape index (κ3) is 3.45. The number of carbonyl (C=O) groups is 1. The number of amides is 1. The average Bonchev–Trinajstić information content (AvgIpc) is 2.84. The number of carbonyl (C=O) groups excluding carboxylic acids is 1. The molecule has 4 nitrogen and oxygen atoms in total. The lowest BCUT2D eigenvalue weighted by molar-refractivity contribution is -0.140. The van der Waals surface area contributed by atoms with E-state index in [0.717, 1.165) is 25.7 Å². The van der Waals surface area contributed by atoms with E-state index in [1.807, 2.05) is 6.92 Å². The molecule has 2 aliphatic rings. The Labute approximate surface area is 120 Å². The first-order chi connectivity index (χ1) is 9.03. The van der Waals surface area contributed by atoms with Crippen molar-refractivity contribution < 1.29 is 9.53 Å². The molecule has 0 aromatic heterocycles. The fraction of sp³-hybridized carbons (Fsp3) is 0.857. The van der Waals surface area contributed by atoms with Crippen molar-refractivity contribution in [2.45, 2.75) is 63.5 Å². The second-order valence-corrected chi connectivity index (χ2v) is 6.41. The summed E-state index contributed by atoms with van der Waals surface area (Å²) < 4.78 is 5.57. The van der Waals surface area contributed by atoms with Crippen molar-refractivity contribution in [2.24, 2.45) is 11.7 Å². The minimum absolute atomic E-state index is 0.0617. The fourth-order valence-electron chi connectivity index (χ4n) is 3.14. The molecule has 0 spiro atoms. The molecule has 1 amide bonds. The zero-order valence-electron chi connectivity index (χ0n) is 11.6. The first-order valence-corrected chi connectivity index (χ1v) is 7.68. The Kier molecular flexibility index (Phi) is 4.79. The number of nitrogens with one attached hydrogen (secondary N) is 1. The van der Waals surface area contributed by atoms with Crippen LogP contribution in [0.15, 0.2) is 0 Å². The van der Waals surface area contributed by atoms with E-state index in [1.165, 1.54) is 19.3 Å². The quantitative estimate of drug-likeness (QED) is 0.774. The zero-order valence-corrected chi connectivity index (χ0v) is 12.4. The van der Waals surface area contributed by atoms with Gasteiger partial charge in [-0.1, -0.05) is 31.5 Å². The van der Waals surface area contributed by atoms with Crippen LogP contribution in [0.25, 0.3) is 0 Å². The Balaban J connectivity index is 1.99. The van der Waals surface area contributed by atoms with E-state index in [2.05, 4.69) is 5.32 Å². The van der Waals surface area contributed by atoms with Gasteiger partial charge in [0.15, 0.2) is 0 Å². The van der Waals surface area contributed by atoms with Gasteiger partial charge in [-0.05, 0) is 38.5 Å².